The van der Waals surface area contributed by atoms with Crippen molar-refractivity contribution >= 4 is 5.69 Å². The lowest BCUT2D eigenvalue weighted by Gasteiger charge is -2.41. The molecule has 1 fully saturated rings. The Kier molecular flexibility index (Phi) is 4.34. The number of hydrogen-bond donors (Lipinski definition) is 1. The van der Waals surface area contributed by atoms with Crippen LogP contribution in [0.25, 0.3) is 0 Å². The second-order valence-corrected chi connectivity index (χ2v) is 5.98. The van der Waals surface area contributed by atoms with Gasteiger partial charge < -0.3 is 9.64 Å². The number of aromatic amines is 1. The highest BCUT2D eigenvalue weighted by Crippen LogP contribution is 2.29. The van der Waals surface area contributed by atoms with E-state index in [4.69, 9.17) is 4.74 Å². The van der Waals surface area contributed by atoms with E-state index in [1.165, 1.54) is 5.69 Å². The summed E-state index contributed by atoms with van der Waals surface area (Å²) in [5.41, 5.74) is 3.43. The summed E-state index contributed by atoms with van der Waals surface area (Å²) in [4.78, 5) is 4.90. The zero-order valence-electron chi connectivity index (χ0n) is 13.5. The number of para-hydroxylation sites is 2. The molecule has 5 nitrogen and oxygen atoms in total. The van der Waals surface area contributed by atoms with Crippen molar-refractivity contribution < 1.29 is 4.74 Å². The first-order valence-electron chi connectivity index (χ1n) is 7.80. The molecule has 1 aromatic carbocycles. The van der Waals surface area contributed by atoms with Crippen molar-refractivity contribution in [3.8, 4) is 5.75 Å². The highest BCUT2D eigenvalue weighted by molar-refractivity contribution is 5.58. The molecular weight excluding hydrogens is 276 g/mol. The summed E-state index contributed by atoms with van der Waals surface area (Å²) in [6.07, 6.45) is 0. The molecule has 2 aromatic rings. The fourth-order valence-electron chi connectivity index (χ4n) is 3.10. The first-order valence-corrected chi connectivity index (χ1v) is 7.80. The minimum atomic E-state index is 0.482. The number of rotatable bonds is 4. The first kappa shape index (κ1) is 14.9. The molecule has 5 heteroatoms. The number of ether oxygens (including phenoxy) is 1. The molecule has 22 heavy (non-hydrogen) atoms. The summed E-state index contributed by atoms with van der Waals surface area (Å²) in [5.74, 6) is 0.950. The standard InChI is InChI=1S/C17H24N4O/c1-13-10-15(19-18-13)12-20-8-9-21(11-14(20)2)16-6-4-5-7-17(16)22-3/h4-7,10,14H,8-9,11-12H2,1-3H3,(H,18,19). The molecule has 1 aliphatic heterocycles. The minimum Gasteiger partial charge on any atom is -0.495 e. The monoisotopic (exact) mass is 300 g/mol. The van der Waals surface area contributed by atoms with Gasteiger partial charge >= 0.3 is 0 Å². The maximum atomic E-state index is 5.49. The number of hydrogen-bond acceptors (Lipinski definition) is 4. The van der Waals surface area contributed by atoms with E-state index in [1.54, 1.807) is 7.11 Å². The van der Waals surface area contributed by atoms with Crippen LogP contribution in [0.2, 0.25) is 0 Å². The average Bonchev–Trinajstić information content (AvgIpc) is 2.94. The summed E-state index contributed by atoms with van der Waals surface area (Å²) in [6.45, 7) is 8.27. The van der Waals surface area contributed by atoms with Crippen LogP contribution in [0, 0.1) is 6.92 Å². The Labute approximate surface area is 131 Å². The average molecular weight is 300 g/mol. The lowest BCUT2D eigenvalue weighted by molar-refractivity contribution is 0.178. The van der Waals surface area contributed by atoms with Crippen LogP contribution >= 0.6 is 0 Å². The molecule has 2 heterocycles. The van der Waals surface area contributed by atoms with Crippen LogP contribution in [-0.4, -0.2) is 47.9 Å². The molecule has 1 aliphatic rings. The molecule has 3 rings (SSSR count). The van der Waals surface area contributed by atoms with Crippen LogP contribution < -0.4 is 9.64 Å². The van der Waals surface area contributed by atoms with Gasteiger partial charge in [0.05, 0.1) is 18.5 Å². The maximum Gasteiger partial charge on any atom is 0.142 e. The van der Waals surface area contributed by atoms with Gasteiger partial charge in [0, 0.05) is 37.9 Å². The van der Waals surface area contributed by atoms with E-state index in [1.807, 2.05) is 19.1 Å². The molecule has 1 saturated heterocycles. The third-order valence-electron chi connectivity index (χ3n) is 4.32. The molecule has 1 N–H and O–H groups in total. The molecule has 1 aromatic heterocycles. The zero-order chi connectivity index (χ0) is 15.5. The summed E-state index contributed by atoms with van der Waals surface area (Å²) >= 11 is 0. The molecule has 1 unspecified atom stereocenters. The van der Waals surface area contributed by atoms with Gasteiger partial charge in [0.1, 0.15) is 5.75 Å². The summed E-state index contributed by atoms with van der Waals surface area (Å²) in [6, 6.07) is 10.9. The molecule has 0 bridgehead atoms. The summed E-state index contributed by atoms with van der Waals surface area (Å²) < 4.78 is 5.49. The van der Waals surface area contributed by atoms with Crippen LogP contribution in [0.4, 0.5) is 5.69 Å². The number of benzene rings is 1. The Bertz CT molecular complexity index is 625. The number of aryl methyl sites for hydroxylation is 1. The summed E-state index contributed by atoms with van der Waals surface area (Å²) in [5, 5.41) is 7.37. The van der Waals surface area contributed by atoms with Gasteiger partial charge in [-0.15, -0.1) is 0 Å². The van der Waals surface area contributed by atoms with Gasteiger partial charge in [0.15, 0.2) is 0 Å². The van der Waals surface area contributed by atoms with E-state index in [2.05, 4.69) is 45.1 Å². The van der Waals surface area contributed by atoms with E-state index in [0.717, 1.165) is 43.3 Å². The highest BCUT2D eigenvalue weighted by atomic mass is 16.5. The van der Waals surface area contributed by atoms with Crippen molar-refractivity contribution in [2.45, 2.75) is 26.4 Å². The minimum absolute atomic E-state index is 0.482. The van der Waals surface area contributed by atoms with Gasteiger partial charge in [-0.3, -0.25) is 10.00 Å². The van der Waals surface area contributed by atoms with Crippen molar-refractivity contribution in [1.82, 2.24) is 15.1 Å². The third kappa shape index (κ3) is 3.09. The lowest BCUT2D eigenvalue weighted by Crippen LogP contribution is -2.51. The van der Waals surface area contributed by atoms with Gasteiger partial charge in [-0.25, -0.2) is 0 Å². The number of methoxy groups -OCH3 is 1. The lowest BCUT2D eigenvalue weighted by atomic mass is 10.1. The van der Waals surface area contributed by atoms with Crippen LogP contribution in [0.15, 0.2) is 30.3 Å². The summed E-state index contributed by atoms with van der Waals surface area (Å²) in [7, 11) is 1.73. The van der Waals surface area contributed by atoms with Crippen molar-refractivity contribution in [2.75, 3.05) is 31.6 Å². The molecular formula is C17H24N4O. The van der Waals surface area contributed by atoms with Crippen LogP contribution in [0.5, 0.6) is 5.75 Å². The molecule has 0 saturated carbocycles. The predicted molar refractivity (Wildman–Crippen MR) is 88.4 cm³/mol. The zero-order valence-corrected chi connectivity index (χ0v) is 13.5. The second kappa shape index (κ2) is 6.40. The van der Waals surface area contributed by atoms with E-state index < -0.39 is 0 Å². The maximum absolute atomic E-state index is 5.49. The van der Waals surface area contributed by atoms with Crippen molar-refractivity contribution in [2.24, 2.45) is 0 Å². The van der Waals surface area contributed by atoms with Gasteiger partial charge in [0.2, 0.25) is 0 Å². The molecule has 0 radical (unpaired) electrons. The largest absolute Gasteiger partial charge is 0.495 e. The van der Waals surface area contributed by atoms with E-state index in [-0.39, 0.29) is 0 Å². The molecule has 0 spiro atoms. The predicted octanol–water partition coefficient (Wildman–Crippen LogP) is 2.44. The quantitative estimate of drug-likeness (QED) is 0.942. The van der Waals surface area contributed by atoms with E-state index >= 15 is 0 Å². The fraction of sp³-hybridized carbons (Fsp3) is 0.471. The Morgan fingerprint density at radius 2 is 2.14 bits per heavy atom. The molecule has 0 amide bonds. The number of H-pyrrole nitrogens is 1. The Morgan fingerprint density at radius 3 is 2.82 bits per heavy atom. The molecule has 0 aliphatic carbocycles. The second-order valence-electron chi connectivity index (χ2n) is 5.98. The SMILES string of the molecule is COc1ccccc1N1CCN(Cc2cc(C)[nH]n2)C(C)C1. The van der Waals surface area contributed by atoms with Crippen molar-refractivity contribution in [1.29, 1.82) is 0 Å². The van der Waals surface area contributed by atoms with Crippen LogP contribution in [0.3, 0.4) is 0 Å². The fourth-order valence-corrected chi connectivity index (χ4v) is 3.10. The van der Waals surface area contributed by atoms with Crippen LogP contribution in [0.1, 0.15) is 18.3 Å². The van der Waals surface area contributed by atoms with Gasteiger partial charge in [-0.1, -0.05) is 12.1 Å². The van der Waals surface area contributed by atoms with Gasteiger partial charge in [0.25, 0.3) is 0 Å². The number of piperazine rings is 1. The molecule has 1 atom stereocenters. The topological polar surface area (TPSA) is 44.4 Å². The van der Waals surface area contributed by atoms with E-state index in [9.17, 15) is 0 Å². The normalized spacial score (nSPS) is 19.4. The number of nitrogens with zero attached hydrogens (tertiary/aromatic N) is 3. The van der Waals surface area contributed by atoms with E-state index in [0.29, 0.717) is 6.04 Å². The van der Waals surface area contributed by atoms with Crippen molar-refractivity contribution in [3.05, 3.63) is 41.7 Å². The molecule has 118 valence electrons. The van der Waals surface area contributed by atoms with Crippen molar-refractivity contribution in [3.63, 3.8) is 0 Å². The number of anilines is 1. The Morgan fingerprint density at radius 1 is 1.32 bits per heavy atom. The smallest absolute Gasteiger partial charge is 0.142 e. The number of nitrogens with one attached hydrogen (secondary N) is 1. The highest BCUT2D eigenvalue weighted by Gasteiger charge is 2.25. The van der Waals surface area contributed by atoms with Gasteiger partial charge in [-0.05, 0) is 32.0 Å². The first-order chi connectivity index (χ1) is 10.7. The third-order valence-corrected chi connectivity index (χ3v) is 4.32. The number of aromatic nitrogens is 2. The Balaban J connectivity index is 1.67. The van der Waals surface area contributed by atoms with Gasteiger partial charge in [-0.2, -0.15) is 5.10 Å². The Hall–Kier alpha value is -2.01. The van der Waals surface area contributed by atoms with Crippen LogP contribution in [-0.2, 0) is 6.54 Å².